The third-order valence-electron chi connectivity index (χ3n) is 2.34. The SMILES string of the molecule is O=C(Cc1ccc2ncccc2c1)NNC(=S)[S-].[K+]. The molecule has 4 nitrogen and oxygen atoms in total. The summed E-state index contributed by atoms with van der Waals surface area (Å²) in [5.74, 6) is -0.189. The molecule has 1 heterocycles. The van der Waals surface area contributed by atoms with E-state index in [1.165, 1.54) is 0 Å². The van der Waals surface area contributed by atoms with E-state index in [9.17, 15) is 4.79 Å². The first kappa shape index (κ1) is 16.9. The second-order valence-electron chi connectivity index (χ2n) is 3.67. The number of carbonyl (C=O) groups excluding carboxylic acids is 1. The minimum absolute atomic E-state index is 0. The summed E-state index contributed by atoms with van der Waals surface area (Å²) in [7, 11) is 0. The minimum atomic E-state index is -0.189. The summed E-state index contributed by atoms with van der Waals surface area (Å²) in [5, 5.41) is 1.01. The standard InChI is InChI=1S/C12H11N3OS2.K/c16-11(14-15-12(17)18)7-8-3-4-10-9(6-8)2-1-5-13-10;/h1-6H,7H2,(H,14,16)(H2,15,17,18);/q;+1/p-1. The molecule has 0 atom stereocenters. The molecule has 0 aliphatic carbocycles. The number of nitrogens with one attached hydrogen (secondary N) is 2. The number of carbonyl (C=O) groups is 1. The van der Waals surface area contributed by atoms with Gasteiger partial charge in [-0.25, -0.2) is 0 Å². The van der Waals surface area contributed by atoms with Crippen LogP contribution in [0.4, 0.5) is 0 Å². The number of benzene rings is 1. The Balaban J connectivity index is 0.00000180. The van der Waals surface area contributed by atoms with E-state index in [0.717, 1.165) is 16.5 Å². The van der Waals surface area contributed by atoms with Gasteiger partial charge in [0.05, 0.1) is 11.9 Å². The van der Waals surface area contributed by atoms with Gasteiger partial charge in [-0.05, 0) is 28.1 Å². The van der Waals surface area contributed by atoms with Crippen LogP contribution in [-0.4, -0.2) is 15.2 Å². The monoisotopic (exact) mass is 315 g/mol. The minimum Gasteiger partial charge on any atom is -0.410 e. The molecule has 1 aromatic carbocycles. The molecule has 0 bridgehead atoms. The van der Waals surface area contributed by atoms with Crippen LogP contribution < -0.4 is 62.2 Å². The zero-order chi connectivity index (χ0) is 13.0. The van der Waals surface area contributed by atoms with E-state index in [-0.39, 0.29) is 68.0 Å². The molecule has 0 radical (unpaired) electrons. The van der Waals surface area contributed by atoms with Crippen molar-refractivity contribution in [2.45, 2.75) is 6.42 Å². The molecule has 2 aromatic rings. The molecule has 0 saturated carbocycles. The Kier molecular flexibility index (Phi) is 7.30. The van der Waals surface area contributed by atoms with Crippen LogP contribution >= 0.6 is 12.2 Å². The largest absolute Gasteiger partial charge is 1.00 e. The van der Waals surface area contributed by atoms with Gasteiger partial charge in [-0.2, -0.15) is 0 Å². The fourth-order valence-electron chi connectivity index (χ4n) is 1.59. The fraction of sp³-hybridized carbons (Fsp3) is 0.0833. The predicted molar refractivity (Wildman–Crippen MR) is 76.7 cm³/mol. The number of aromatic nitrogens is 1. The van der Waals surface area contributed by atoms with Crippen LogP contribution in [0.25, 0.3) is 10.9 Å². The Labute approximate surface area is 164 Å². The van der Waals surface area contributed by atoms with Crippen molar-refractivity contribution in [1.29, 1.82) is 0 Å². The Hall–Kier alpha value is -0.154. The molecule has 2 rings (SSSR count). The van der Waals surface area contributed by atoms with Gasteiger partial charge in [0.25, 0.3) is 0 Å². The molecule has 2 N–H and O–H groups in total. The summed E-state index contributed by atoms with van der Waals surface area (Å²) >= 11 is 9.24. The van der Waals surface area contributed by atoms with Gasteiger partial charge in [0.2, 0.25) is 5.91 Å². The predicted octanol–water partition coefficient (Wildman–Crippen LogP) is -1.77. The van der Waals surface area contributed by atoms with Crippen LogP contribution in [0.2, 0.25) is 0 Å². The Morgan fingerprint density at radius 1 is 1.32 bits per heavy atom. The molecular weight excluding hydrogens is 305 g/mol. The molecule has 1 aromatic heterocycles. The molecule has 0 saturated heterocycles. The van der Waals surface area contributed by atoms with Gasteiger partial charge in [0, 0.05) is 11.6 Å². The Morgan fingerprint density at radius 2 is 2.11 bits per heavy atom. The maximum Gasteiger partial charge on any atom is 1.00 e. The van der Waals surface area contributed by atoms with Crippen molar-refractivity contribution in [1.82, 2.24) is 15.8 Å². The topological polar surface area (TPSA) is 54.0 Å². The third kappa shape index (κ3) is 5.39. The van der Waals surface area contributed by atoms with Gasteiger partial charge in [0.15, 0.2) is 0 Å². The van der Waals surface area contributed by atoms with Crippen molar-refractivity contribution in [3.05, 3.63) is 42.1 Å². The van der Waals surface area contributed by atoms with Gasteiger partial charge >= 0.3 is 51.4 Å². The average molecular weight is 315 g/mol. The zero-order valence-electron chi connectivity index (χ0n) is 10.3. The van der Waals surface area contributed by atoms with Crippen LogP contribution in [-0.2, 0) is 23.8 Å². The summed E-state index contributed by atoms with van der Waals surface area (Å²) in [6.45, 7) is 0. The third-order valence-corrected chi connectivity index (χ3v) is 2.54. The second kappa shape index (κ2) is 8.20. The van der Waals surface area contributed by atoms with E-state index in [0.29, 0.717) is 0 Å². The average Bonchev–Trinajstić information content (AvgIpc) is 2.36. The smallest absolute Gasteiger partial charge is 0.410 e. The maximum absolute atomic E-state index is 11.6. The molecule has 19 heavy (non-hydrogen) atoms. The molecule has 0 spiro atoms. The first-order chi connectivity index (χ1) is 8.65. The number of hydrogen-bond acceptors (Lipinski definition) is 4. The fourth-order valence-corrected chi connectivity index (χ4v) is 1.69. The van der Waals surface area contributed by atoms with Crippen LogP contribution in [0.5, 0.6) is 0 Å². The zero-order valence-corrected chi connectivity index (χ0v) is 15.1. The molecule has 0 aliphatic heterocycles. The maximum atomic E-state index is 11.6. The van der Waals surface area contributed by atoms with Crippen molar-refractivity contribution in [3.63, 3.8) is 0 Å². The Morgan fingerprint density at radius 3 is 2.84 bits per heavy atom. The molecule has 0 unspecified atom stereocenters. The normalized spacial score (nSPS) is 9.47. The molecule has 0 aliphatic rings. The van der Waals surface area contributed by atoms with Crippen molar-refractivity contribution in [2.75, 3.05) is 0 Å². The van der Waals surface area contributed by atoms with Gasteiger partial charge in [-0.15, -0.1) is 0 Å². The van der Waals surface area contributed by atoms with Crippen LogP contribution in [0, 0.1) is 0 Å². The molecule has 7 heteroatoms. The van der Waals surface area contributed by atoms with Gasteiger partial charge in [-0.1, -0.05) is 12.1 Å². The second-order valence-corrected chi connectivity index (χ2v) is 4.74. The van der Waals surface area contributed by atoms with Crippen molar-refractivity contribution in [3.8, 4) is 0 Å². The number of hydrogen-bond donors (Lipinski definition) is 2. The van der Waals surface area contributed by atoms with Crippen LogP contribution in [0.15, 0.2) is 36.5 Å². The summed E-state index contributed by atoms with van der Waals surface area (Å²) < 4.78 is 0.117. The summed E-state index contributed by atoms with van der Waals surface area (Å²) in [6.07, 6.45) is 2.00. The number of hydrazine groups is 1. The van der Waals surface area contributed by atoms with E-state index in [4.69, 9.17) is 0 Å². The number of rotatable bonds is 2. The number of pyridine rings is 1. The Bertz CT molecular complexity index is 606. The first-order valence-electron chi connectivity index (χ1n) is 5.24. The number of amides is 1. The van der Waals surface area contributed by atoms with Gasteiger partial charge < -0.3 is 30.3 Å². The summed E-state index contributed by atoms with van der Waals surface area (Å²) in [4.78, 5) is 15.8. The number of thiocarbonyl (C=S) groups is 1. The van der Waals surface area contributed by atoms with Gasteiger partial charge in [0.1, 0.15) is 0 Å². The van der Waals surface area contributed by atoms with Crippen molar-refractivity contribution in [2.24, 2.45) is 0 Å². The van der Waals surface area contributed by atoms with Crippen LogP contribution in [0.1, 0.15) is 5.56 Å². The molecule has 0 fully saturated rings. The number of fused-ring (bicyclic) bond motifs is 1. The van der Waals surface area contributed by atoms with E-state index < -0.39 is 0 Å². The summed E-state index contributed by atoms with van der Waals surface area (Å²) in [5.41, 5.74) is 6.68. The first-order valence-corrected chi connectivity index (χ1v) is 6.06. The van der Waals surface area contributed by atoms with E-state index in [1.54, 1.807) is 6.20 Å². The van der Waals surface area contributed by atoms with E-state index in [2.05, 4.69) is 40.7 Å². The van der Waals surface area contributed by atoms with Gasteiger partial charge in [-0.3, -0.25) is 15.2 Å². The van der Waals surface area contributed by atoms with Crippen molar-refractivity contribution >= 4 is 46.0 Å². The quantitative estimate of drug-likeness (QED) is 0.297. The van der Waals surface area contributed by atoms with E-state index >= 15 is 0 Å². The summed E-state index contributed by atoms with van der Waals surface area (Å²) in [6, 6.07) is 9.53. The number of nitrogens with zero attached hydrogens (tertiary/aromatic N) is 1. The molecular formula is C12H10KN3OS2. The van der Waals surface area contributed by atoms with E-state index in [1.807, 2.05) is 30.3 Å². The molecule has 1 amide bonds. The van der Waals surface area contributed by atoms with Crippen LogP contribution in [0.3, 0.4) is 0 Å². The van der Waals surface area contributed by atoms with Crippen molar-refractivity contribution < 1.29 is 56.2 Å². The molecule has 92 valence electrons.